The van der Waals surface area contributed by atoms with Crippen molar-refractivity contribution < 1.29 is 9.59 Å². The van der Waals surface area contributed by atoms with Crippen LogP contribution in [0.3, 0.4) is 0 Å². The molecular weight excluding hydrogens is 528 g/mol. The van der Waals surface area contributed by atoms with Gasteiger partial charge in [-0.2, -0.15) is 0 Å². The number of aryl methyl sites for hydroxylation is 3. The highest BCUT2D eigenvalue weighted by Gasteiger charge is 2.19. The van der Waals surface area contributed by atoms with E-state index in [1.165, 1.54) is 23.1 Å². The van der Waals surface area contributed by atoms with E-state index in [4.69, 9.17) is 0 Å². The molecule has 0 bridgehead atoms. The van der Waals surface area contributed by atoms with Gasteiger partial charge in [0.05, 0.1) is 28.2 Å². The van der Waals surface area contributed by atoms with Crippen molar-refractivity contribution in [3.05, 3.63) is 94.3 Å². The van der Waals surface area contributed by atoms with E-state index in [1.807, 2.05) is 92.9 Å². The first-order chi connectivity index (χ1) is 18.8. The molecule has 39 heavy (non-hydrogen) atoms. The molecule has 0 aliphatic heterocycles. The van der Waals surface area contributed by atoms with Crippen LogP contribution < -0.4 is 10.6 Å². The molecule has 2 N–H and O–H groups in total. The van der Waals surface area contributed by atoms with E-state index in [0.717, 1.165) is 38.2 Å². The number of thioether (sulfide) groups is 1. The predicted octanol–water partition coefficient (Wildman–Crippen LogP) is 5.77. The third-order valence-electron chi connectivity index (χ3n) is 6.57. The fourth-order valence-corrected chi connectivity index (χ4v) is 5.73. The zero-order valence-corrected chi connectivity index (χ0v) is 23.7. The van der Waals surface area contributed by atoms with Gasteiger partial charge in [0.25, 0.3) is 5.91 Å². The number of aromatic nitrogens is 4. The average molecular weight is 557 g/mol. The molecule has 0 fully saturated rings. The summed E-state index contributed by atoms with van der Waals surface area (Å²) in [5.41, 5.74) is 6.74. The maximum atomic E-state index is 12.9. The first-order valence-corrected chi connectivity index (χ1v) is 14.2. The highest BCUT2D eigenvalue weighted by Crippen LogP contribution is 2.28. The SMILES string of the molecule is Cc1ccc(C(=O)NCc2nnc(SCC(=O)Nc3nc4ccccc4s3)n2-c2cccc(C)c2C)cc1C. The van der Waals surface area contributed by atoms with Gasteiger partial charge in [-0.15, -0.1) is 10.2 Å². The van der Waals surface area contributed by atoms with E-state index in [-0.39, 0.29) is 24.1 Å². The number of para-hydroxylation sites is 1. The summed E-state index contributed by atoms with van der Waals surface area (Å²) in [6.45, 7) is 8.27. The van der Waals surface area contributed by atoms with Crippen LogP contribution in [-0.2, 0) is 11.3 Å². The lowest BCUT2D eigenvalue weighted by molar-refractivity contribution is -0.113. The molecule has 0 spiro atoms. The lowest BCUT2D eigenvalue weighted by Crippen LogP contribution is -2.25. The van der Waals surface area contributed by atoms with Gasteiger partial charge in [-0.1, -0.05) is 53.4 Å². The molecule has 198 valence electrons. The summed E-state index contributed by atoms with van der Waals surface area (Å²) in [5.74, 6) is 0.348. The van der Waals surface area contributed by atoms with Crippen molar-refractivity contribution in [1.29, 1.82) is 0 Å². The van der Waals surface area contributed by atoms with Crippen LogP contribution in [0.5, 0.6) is 0 Å². The van der Waals surface area contributed by atoms with Crippen LogP contribution in [0.25, 0.3) is 15.9 Å². The van der Waals surface area contributed by atoms with E-state index in [2.05, 4.69) is 25.8 Å². The fraction of sp³-hybridized carbons (Fsp3) is 0.207. The van der Waals surface area contributed by atoms with Gasteiger partial charge < -0.3 is 10.6 Å². The fourth-order valence-electron chi connectivity index (χ4n) is 4.08. The second-order valence-electron chi connectivity index (χ2n) is 9.26. The smallest absolute Gasteiger partial charge is 0.251 e. The number of carbonyl (C=O) groups is 2. The van der Waals surface area contributed by atoms with Crippen molar-refractivity contribution in [3.8, 4) is 5.69 Å². The Morgan fingerprint density at radius 1 is 0.923 bits per heavy atom. The number of rotatable bonds is 8. The Bertz CT molecular complexity index is 1660. The van der Waals surface area contributed by atoms with Crippen molar-refractivity contribution in [2.75, 3.05) is 11.1 Å². The van der Waals surface area contributed by atoms with Crippen molar-refractivity contribution in [3.63, 3.8) is 0 Å². The number of carbonyl (C=O) groups excluding carboxylic acids is 2. The first kappa shape index (κ1) is 26.6. The molecule has 2 amide bonds. The molecule has 0 aliphatic rings. The molecule has 0 saturated heterocycles. The number of amides is 2. The number of anilines is 1. The van der Waals surface area contributed by atoms with E-state index < -0.39 is 0 Å². The number of hydrogen-bond acceptors (Lipinski definition) is 7. The minimum atomic E-state index is -0.182. The molecule has 0 atom stereocenters. The van der Waals surface area contributed by atoms with Gasteiger partial charge in [-0.05, 0) is 80.3 Å². The Labute approximate surface area is 234 Å². The van der Waals surface area contributed by atoms with Gasteiger partial charge in [0.15, 0.2) is 16.1 Å². The zero-order valence-electron chi connectivity index (χ0n) is 22.1. The van der Waals surface area contributed by atoms with Crippen molar-refractivity contribution in [1.82, 2.24) is 25.1 Å². The van der Waals surface area contributed by atoms with Gasteiger partial charge in [0.2, 0.25) is 5.91 Å². The summed E-state index contributed by atoms with van der Waals surface area (Å²) in [7, 11) is 0. The quantitative estimate of drug-likeness (QED) is 0.235. The molecule has 0 saturated carbocycles. The second kappa shape index (κ2) is 11.4. The van der Waals surface area contributed by atoms with Crippen LogP contribution in [0.15, 0.2) is 65.8 Å². The van der Waals surface area contributed by atoms with Crippen LogP contribution in [0.4, 0.5) is 5.13 Å². The standard InChI is InChI=1S/C29H28N6O2S2/c1-17-12-13-21(14-19(17)3)27(37)30-15-25-33-34-29(35(25)23-10-7-8-18(2)20(23)4)38-16-26(36)32-28-31-22-9-5-6-11-24(22)39-28/h5-14H,15-16H2,1-4H3,(H,30,37)(H,31,32,36). The molecular formula is C29H28N6O2S2. The maximum absolute atomic E-state index is 12.9. The van der Waals surface area contributed by atoms with E-state index in [0.29, 0.717) is 21.7 Å². The summed E-state index contributed by atoms with van der Waals surface area (Å²) < 4.78 is 2.93. The lowest BCUT2D eigenvalue weighted by atomic mass is 10.1. The average Bonchev–Trinajstić information content (AvgIpc) is 3.52. The summed E-state index contributed by atoms with van der Waals surface area (Å²) in [4.78, 5) is 30.1. The summed E-state index contributed by atoms with van der Waals surface area (Å²) >= 11 is 2.73. The van der Waals surface area contributed by atoms with Crippen LogP contribution >= 0.6 is 23.1 Å². The molecule has 3 aromatic carbocycles. The number of hydrogen-bond donors (Lipinski definition) is 2. The van der Waals surface area contributed by atoms with Crippen LogP contribution in [0.2, 0.25) is 0 Å². The van der Waals surface area contributed by atoms with Gasteiger partial charge in [-0.25, -0.2) is 4.98 Å². The summed E-state index contributed by atoms with van der Waals surface area (Å²) in [6.07, 6.45) is 0. The maximum Gasteiger partial charge on any atom is 0.251 e. The minimum Gasteiger partial charge on any atom is -0.345 e. The van der Waals surface area contributed by atoms with Crippen LogP contribution in [-0.4, -0.2) is 37.3 Å². The molecule has 0 aliphatic carbocycles. The predicted molar refractivity (Wildman–Crippen MR) is 157 cm³/mol. The number of nitrogens with zero attached hydrogens (tertiary/aromatic N) is 4. The highest BCUT2D eigenvalue weighted by molar-refractivity contribution is 7.99. The van der Waals surface area contributed by atoms with Gasteiger partial charge in [0.1, 0.15) is 0 Å². The van der Waals surface area contributed by atoms with Crippen molar-refractivity contribution in [2.45, 2.75) is 39.4 Å². The topological polar surface area (TPSA) is 102 Å². The molecule has 10 heteroatoms. The Balaban J connectivity index is 1.35. The number of benzene rings is 3. The van der Waals surface area contributed by atoms with Crippen molar-refractivity contribution >= 4 is 50.3 Å². The largest absolute Gasteiger partial charge is 0.345 e. The first-order valence-electron chi connectivity index (χ1n) is 12.4. The van der Waals surface area contributed by atoms with Crippen LogP contribution in [0, 0.1) is 27.7 Å². The van der Waals surface area contributed by atoms with E-state index >= 15 is 0 Å². The zero-order chi connectivity index (χ0) is 27.5. The third kappa shape index (κ3) is 5.86. The number of thiazole rings is 1. The lowest BCUT2D eigenvalue weighted by Gasteiger charge is -2.15. The minimum absolute atomic E-state index is 0.133. The van der Waals surface area contributed by atoms with Crippen molar-refractivity contribution in [2.24, 2.45) is 0 Å². The molecule has 2 aromatic heterocycles. The molecule has 0 unspecified atom stereocenters. The van der Waals surface area contributed by atoms with E-state index in [1.54, 1.807) is 0 Å². The molecule has 0 radical (unpaired) electrons. The Hall–Kier alpha value is -4.02. The monoisotopic (exact) mass is 556 g/mol. The number of nitrogens with one attached hydrogen (secondary N) is 2. The highest BCUT2D eigenvalue weighted by atomic mass is 32.2. The van der Waals surface area contributed by atoms with E-state index in [9.17, 15) is 9.59 Å². The van der Waals surface area contributed by atoms with Crippen LogP contribution in [0.1, 0.15) is 38.4 Å². The third-order valence-corrected chi connectivity index (χ3v) is 8.45. The Morgan fingerprint density at radius 2 is 1.74 bits per heavy atom. The molecule has 5 aromatic rings. The van der Waals surface area contributed by atoms with Gasteiger partial charge in [0, 0.05) is 5.56 Å². The normalized spacial score (nSPS) is 11.1. The summed E-state index contributed by atoms with van der Waals surface area (Å²) in [5, 5.41) is 15.8. The molecule has 2 heterocycles. The molecule has 5 rings (SSSR count). The Kier molecular flexibility index (Phi) is 7.76. The number of fused-ring (bicyclic) bond motifs is 1. The summed E-state index contributed by atoms with van der Waals surface area (Å²) in [6, 6.07) is 19.4. The second-order valence-corrected chi connectivity index (χ2v) is 11.2. The van der Waals surface area contributed by atoms with Gasteiger partial charge >= 0.3 is 0 Å². The molecule has 8 nitrogen and oxygen atoms in total. The van der Waals surface area contributed by atoms with Gasteiger partial charge in [-0.3, -0.25) is 14.2 Å². The Morgan fingerprint density at radius 3 is 2.54 bits per heavy atom.